The molecule has 0 amide bonds. The van der Waals surface area contributed by atoms with Crippen LogP contribution in [0.25, 0.3) is 0 Å². The van der Waals surface area contributed by atoms with Crippen LogP contribution in [0.1, 0.15) is 52.7 Å². The van der Waals surface area contributed by atoms with Crippen molar-refractivity contribution in [3.8, 4) is 0 Å². The van der Waals surface area contributed by atoms with E-state index in [-0.39, 0.29) is 5.41 Å². The van der Waals surface area contributed by atoms with Crippen molar-refractivity contribution in [1.29, 1.82) is 0 Å². The van der Waals surface area contributed by atoms with Gasteiger partial charge >= 0.3 is 0 Å². The topological polar surface area (TPSA) is 24.4 Å². The zero-order chi connectivity index (χ0) is 17.8. The van der Waals surface area contributed by atoms with E-state index in [1.54, 1.807) is 26.8 Å². The number of allylic oxidation sites excluding steroid dienone is 2. The molecule has 2 nitrogen and oxygen atoms in total. The van der Waals surface area contributed by atoms with Crippen LogP contribution in [0.3, 0.4) is 0 Å². The predicted octanol–water partition coefficient (Wildman–Crippen LogP) is 5.65. The molecule has 0 saturated heterocycles. The van der Waals surface area contributed by atoms with Crippen LogP contribution in [0.5, 0.6) is 0 Å². The number of nitrogens with zero attached hydrogens (tertiary/aromatic N) is 1. The number of benzene rings is 1. The van der Waals surface area contributed by atoms with Gasteiger partial charge in [-0.15, -0.1) is 0 Å². The second-order valence-corrected chi connectivity index (χ2v) is 7.26. The Morgan fingerprint density at radius 3 is 2.26 bits per heavy atom. The molecule has 0 heterocycles. The molecule has 0 radical (unpaired) electrons. The highest BCUT2D eigenvalue weighted by molar-refractivity contribution is 6.13. The molecule has 0 aliphatic rings. The molecule has 1 rings (SSSR count). The zero-order valence-corrected chi connectivity index (χ0v) is 15.4. The number of rotatable bonds is 5. The fraction of sp³-hybridized carbons (Fsp3) is 0.450. The Balaban J connectivity index is 3.54. The predicted molar refractivity (Wildman–Crippen MR) is 100 cm³/mol. The zero-order valence-electron chi connectivity index (χ0n) is 15.4. The van der Waals surface area contributed by atoms with E-state index >= 15 is 0 Å². The van der Waals surface area contributed by atoms with E-state index < -0.39 is 5.67 Å². The van der Waals surface area contributed by atoms with Gasteiger partial charge in [0.05, 0.1) is 5.71 Å². The van der Waals surface area contributed by atoms with E-state index in [9.17, 15) is 4.39 Å². The van der Waals surface area contributed by atoms with Crippen LogP contribution < -0.4 is 5.32 Å². The fourth-order valence-corrected chi connectivity index (χ4v) is 2.10. The molecule has 0 unspecified atom stereocenters. The first-order chi connectivity index (χ1) is 10.5. The van der Waals surface area contributed by atoms with Crippen LogP contribution >= 0.6 is 0 Å². The summed E-state index contributed by atoms with van der Waals surface area (Å²) in [5, 5.41) is 3.19. The van der Waals surface area contributed by atoms with Crippen LogP contribution in [-0.2, 0) is 5.41 Å². The van der Waals surface area contributed by atoms with Gasteiger partial charge in [0.1, 0.15) is 5.67 Å². The van der Waals surface area contributed by atoms with Gasteiger partial charge in [-0.3, -0.25) is 4.99 Å². The highest BCUT2D eigenvalue weighted by Gasteiger charge is 2.20. The number of hydrogen-bond donors (Lipinski definition) is 1. The van der Waals surface area contributed by atoms with Gasteiger partial charge in [-0.25, -0.2) is 4.39 Å². The SMILES string of the molecule is C=C/N=C(\C=C(/C)C(C)(C)F)c1cc(C(C)(C)C)ccc1NC. The van der Waals surface area contributed by atoms with Gasteiger partial charge in [-0.2, -0.15) is 0 Å². The van der Waals surface area contributed by atoms with Crippen molar-refractivity contribution in [2.45, 2.75) is 52.6 Å². The number of alkyl halides is 1. The van der Waals surface area contributed by atoms with Gasteiger partial charge in [0, 0.05) is 24.5 Å². The van der Waals surface area contributed by atoms with Crippen molar-refractivity contribution in [3.05, 3.63) is 53.8 Å². The number of aliphatic imine (C=N–C) groups is 1. The normalized spacial score (nSPS) is 13.9. The second-order valence-electron chi connectivity index (χ2n) is 7.26. The van der Waals surface area contributed by atoms with E-state index in [4.69, 9.17) is 0 Å². The summed E-state index contributed by atoms with van der Waals surface area (Å²) in [6.45, 7) is 15.1. The average Bonchev–Trinajstić information content (AvgIpc) is 2.44. The summed E-state index contributed by atoms with van der Waals surface area (Å²) >= 11 is 0. The summed E-state index contributed by atoms with van der Waals surface area (Å²) < 4.78 is 14.2. The molecule has 0 aliphatic heterocycles. The largest absolute Gasteiger partial charge is 0.388 e. The molecule has 0 atom stereocenters. The lowest BCUT2D eigenvalue weighted by molar-refractivity contribution is 0.268. The molecule has 23 heavy (non-hydrogen) atoms. The lowest BCUT2D eigenvalue weighted by Gasteiger charge is -2.22. The number of nitrogens with one attached hydrogen (secondary N) is 1. The van der Waals surface area contributed by atoms with E-state index in [1.165, 1.54) is 11.8 Å². The summed E-state index contributed by atoms with van der Waals surface area (Å²) in [6.07, 6.45) is 3.29. The quantitative estimate of drug-likeness (QED) is 0.697. The van der Waals surface area contributed by atoms with Gasteiger partial charge in [0.15, 0.2) is 0 Å². The van der Waals surface area contributed by atoms with Crippen LogP contribution in [0.4, 0.5) is 10.1 Å². The molecule has 1 aromatic rings. The maximum atomic E-state index is 14.2. The Hall–Kier alpha value is -1.90. The Morgan fingerprint density at radius 1 is 1.22 bits per heavy atom. The molecule has 1 aromatic carbocycles. The third-order valence-electron chi connectivity index (χ3n) is 3.95. The van der Waals surface area contributed by atoms with Crippen LogP contribution in [0.15, 0.2) is 47.6 Å². The van der Waals surface area contributed by atoms with Crippen molar-refractivity contribution >= 4 is 11.4 Å². The van der Waals surface area contributed by atoms with Gasteiger partial charge < -0.3 is 5.32 Å². The summed E-state index contributed by atoms with van der Waals surface area (Å²) in [4.78, 5) is 4.38. The van der Waals surface area contributed by atoms with Crippen molar-refractivity contribution in [1.82, 2.24) is 0 Å². The number of anilines is 1. The summed E-state index contributed by atoms with van der Waals surface area (Å²) in [5.74, 6) is 0. The second kappa shape index (κ2) is 7.12. The maximum Gasteiger partial charge on any atom is 0.126 e. The molecule has 3 heteroatoms. The fourth-order valence-electron chi connectivity index (χ4n) is 2.10. The Bertz CT molecular complexity index is 626. The first-order valence-corrected chi connectivity index (χ1v) is 7.89. The van der Waals surface area contributed by atoms with Crippen LogP contribution in [-0.4, -0.2) is 18.4 Å². The molecule has 0 aromatic heterocycles. The summed E-state index contributed by atoms with van der Waals surface area (Å²) in [5.41, 5.74) is 3.08. The third kappa shape index (κ3) is 5.05. The standard InChI is InChI=1S/C20H29FN2/c1-9-23-18(12-14(2)20(6,7)21)16-13-15(19(3,4)5)10-11-17(16)22-8/h9-13,22H,1H2,2-8H3/b14-12+,23-18+. The van der Waals surface area contributed by atoms with Crippen molar-refractivity contribution in [2.75, 3.05) is 12.4 Å². The van der Waals surface area contributed by atoms with E-state index in [2.05, 4.69) is 49.8 Å². The van der Waals surface area contributed by atoms with Crippen molar-refractivity contribution < 1.29 is 4.39 Å². The number of halogens is 1. The molecule has 0 spiro atoms. The minimum atomic E-state index is -1.39. The maximum absolute atomic E-state index is 14.2. The highest BCUT2D eigenvalue weighted by Crippen LogP contribution is 2.28. The monoisotopic (exact) mass is 316 g/mol. The van der Waals surface area contributed by atoms with Gasteiger partial charge in [-0.1, -0.05) is 33.4 Å². The van der Waals surface area contributed by atoms with Crippen LogP contribution in [0.2, 0.25) is 0 Å². The lowest BCUT2D eigenvalue weighted by atomic mass is 9.85. The highest BCUT2D eigenvalue weighted by atomic mass is 19.1. The average molecular weight is 316 g/mol. The molecule has 0 bridgehead atoms. The molecule has 0 saturated carbocycles. The summed E-state index contributed by atoms with van der Waals surface area (Å²) in [7, 11) is 1.87. The first-order valence-electron chi connectivity index (χ1n) is 7.89. The molecule has 0 aliphatic carbocycles. The molecule has 126 valence electrons. The molecule has 1 N–H and O–H groups in total. The minimum absolute atomic E-state index is 0.0262. The summed E-state index contributed by atoms with van der Waals surface area (Å²) in [6, 6.07) is 6.26. The molecular weight excluding hydrogens is 287 g/mol. The van der Waals surface area contributed by atoms with Crippen molar-refractivity contribution in [3.63, 3.8) is 0 Å². The van der Waals surface area contributed by atoms with E-state index in [0.29, 0.717) is 11.3 Å². The van der Waals surface area contributed by atoms with E-state index in [1.807, 2.05) is 13.1 Å². The Morgan fingerprint density at radius 2 is 1.83 bits per heavy atom. The lowest BCUT2D eigenvalue weighted by Crippen LogP contribution is -2.16. The molecular formula is C20H29FN2. The van der Waals surface area contributed by atoms with E-state index in [0.717, 1.165) is 11.3 Å². The smallest absolute Gasteiger partial charge is 0.126 e. The van der Waals surface area contributed by atoms with Crippen LogP contribution in [0, 0.1) is 0 Å². The third-order valence-corrected chi connectivity index (χ3v) is 3.95. The first kappa shape index (κ1) is 19.1. The molecule has 0 fully saturated rings. The Labute approximate surface area is 140 Å². The van der Waals surface area contributed by atoms with Crippen molar-refractivity contribution in [2.24, 2.45) is 4.99 Å². The number of hydrogen-bond acceptors (Lipinski definition) is 2. The minimum Gasteiger partial charge on any atom is -0.388 e. The Kier molecular flexibility index (Phi) is 5.92. The van der Waals surface area contributed by atoms with Gasteiger partial charge in [-0.05, 0) is 55.5 Å². The van der Waals surface area contributed by atoms with Gasteiger partial charge in [0.2, 0.25) is 0 Å². The van der Waals surface area contributed by atoms with Gasteiger partial charge in [0.25, 0.3) is 0 Å².